The number of hydrogen-bond acceptors (Lipinski definition) is 3. The Hall–Kier alpha value is -2.05. The maximum absolute atomic E-state index is 12.8. The molecule has 23 heavy (non-hydrogen) atoms. The third-order valence-corrected chi connectivity index (χ3v) is 5.37. The molecule has 0 atom stereocenters. The number of anilines is 1. The van der Waals surface area contributed by atoms with E-state index in [0.29, 0.717) is 10.7 Å². The molecule has 2 N–H and O–H groups in total. The largest absolute Gasteiger partial charge is 0.368 e. The van der Waals surface area contributed by atoms with Crippen molar-refractivity contribution in [3.63, 3.8) is 0 Å². The Balaban J connectivity index is 2.48. The lowest BCUT2D eigenvalue weighted by molar-refractivity contribution is -0.116. The van der Waals surface area contributed by atoms with Crippen molar-refractivity contribution in [3.8, 4) is 0 Å². The molecule has 122 valence electrons. The zero-order valence-electron chi connectivity index (χ0n) is 12.6. The Morgan fingerprint density at radius 3 is 2.13 bits per heavy atom. The van der Waals surface area contributed by atoms with Gasteiger partial charge in [0.2, 0.25) is 5.91 Å². The molecule has 2 rings (SSSR count). The number of halogens is 1. The van der Waals surface area contributed by atoms with Crippen molar-refractivity contribution in [1.29, 1.82) is 0 Å². The van der Waals surface area contributed by atoms with Crippen molar-refractivity contribution in [1.82, 2.24) is 0 Å². The van der Waals surface area contributed by atoms with Crippen LogP contribution in [0.25, 0.3) is 0 Å². The molecule has 0 aliphatic heterocycles. The fourth-order valence-electron chi connectivity index (χ4n) is 2.09. The highest BCUT2D eigenvalue weighted by Crippen LogP contribution is 2.25. The fourth-order valence-corrected chi connectivity index (χ4v) is 3.65. The Bertz CT molecular complexity index is 787. The average molecular weight is 353 g/mol. The van der Waals surface area contributed by atoms with Crippen molar-refractivity contribution in [2.75, 3.05) is 10.8 Å². The zero-order chi connectivity index (χ0) is 17.0. The van der Waals surface area contributed by atoms with Gasteiger partial charge in [-0.1, -0.05) is 30.7 Å². The standard InChI is InChI=1S/C16H17ClN2O3S/c1-2-12-3-7-14(8-4-12)19(11-16(18)20)23(21,22)15-9-5-13(17)6-10-15/h3-10H,2,11H2,1H3,(H2,18,20). The molecule has 0 aliphatic carbocycles. The molecule has 0 spiro atoms. The van der Waals surface area contributed by atoms with E-state index in [1.54, 1.807) is 12.1 Å². The first-order valence-electron chi connectivity index (χ1n) is 7.00. The molecule has 0 saturated heterocycles. The molecule has 2 aromatic rings. The van der Waals surface area contributed by atoms with Crippen LogP contribution in [-0.4, -0.2) is 20.9 Å². The summed E-state index contributed by atoms with van der Waals surface area (Å²) in [6.07, 6.45) is 0.833. The van der Waals surface area contributed by atoms with Crippen molar-refractivity contribution < 1.29 is 13.2 Å². The first-order chi connectivity index (χ1) is 10.8. The minimum atomic E-state index is -3.91. The monoisotopic (exact) mass is 352 g/mol. The number of nitrogens with two attached hydrogens (primary N) is 1. The third kappa shape index (κ3) is 4.03. The molecule has 2 aromatic carbocycles. The van der Waals surface area contributed by atoms with Gasteiger partial charge in [-0.2, -0.15) is 0 Å². The number of hydrogen-bond donors (Lipinski definition) is 1. The van der Waals surface area contributed by atoms with Crippen molar-refractivity contribution in [2.45, 2.75) is 18.2 Å². The number of aryl methyl sites for hydroxylation is 1. The third-order valence-electron chi connectivity index (χ3n) is 3.33. The molecule has 0 aliphatic rings. The quantitative estimate of drug-likeness (QED) is 0.867. The Morgan fingerprint density at radius 2 is 1.65 bits per heavy atom. The van der Waals surface area contributed by atoms with Crippen molar-refractivity contribution in [2.24, 2.45) is 5.73 Å². The minimum absolute atomic E-state index is 0.0442. The number of nitrogens with zero attached hydrogens (tertiary/aromatic N) is 1. The molecule has 0 unspecified atom stereocenters. The number of benzene rings is 2. The van der Waals surface area contributed by atoms with Crippen LogP contribution in [0.4, 0.5) is 5.69 Å². The molecular weight excluding hydrogens is 336 g/mol. The number of rotatable bonds is 6. The second-order valence-corrected chi connectivity index (χ2v) is 7.25. The van der Waals surface area contributed by atoms with E-state index in [9.17, 15) is 13.2 Å². The van der Waals surface area contributed by atoms with E-state index in [2.05, 4.69) is 0 Å². The van der Waals surface area contributed by atoms with Gasteiger partial charge in [-0.15, -0.1) is 0 Å². The van der Waals surface area contributed by atoms with Crippen LogP contribution in [0.1, 0.15) is 12.5 Å². The summed E-state index contributed by atoms with van der Waals surface area (Å²) in [6, 6.07) is 12.7. The highest BCUT2D eigenvalue weighted by atomic mass is 35.5. The SMILES string of the molecule is CCc1ccc(N(CC(N)=O)S(=O)(=O)c2ccc(Cl)cc2)cc1. The highest BCUT2D eigenvalue weighted by molar-refractivity contribution is 7.92. The van der Waals surface area contributed by atoms with Crippen molar-refractivity contribution >= 4 is 33.2 Å². The summed E-state index contributed by atoms with van der Waals surface area (Å²) in [7, 11) is -3.91. The normalized spacial score (nSPS) is 11.2. The molecule has 0 fully saturated rings. The first kappa shape index (κ1) is 17.3. The second-order valence-electron chi connectivity index (χ2n) is 4.95. The molecule has 0 saturated carbocycles. The summed E-state index contributed by atoms with van der Waals surface area (Å²) >= 11 is 5.79. The van der Waals surface area contributed by atoms with Crippen LogP contribution in [0.15, 0.2) is 53.4 Å². The summed E-state index contributed by atoms with van der Waals surface area (Å²) in [4.78, 5) is 11.4. The van der Waals surface area contributed by atoms with Gasteiger partial charge in [0.15, 0.2) is 0 Å². The number of carbonyl (C=O) groups is 1. The van der Waals surface area contributed by atoms with E-state index in [4.69, 9.17) is 17.3 Å². The number of sulfonamides is 1. The van der Waals surface area contributed by atoms with Crippen LogP contribution in [0, 0.1) is 0 Å². The van der Waals surface area contributed by atoms with Crippen LogP contribution in [-0.2, 0) is 21.2 Å². The van der Waals surface area contributed by atoms with Crippen LogP contribution in [0.2, 0.25) is 5.02 Å². The van der Waals surface area contributed by atoms with Crippen LogP contribution < -0.4 is 10.0 Å². The topological polar surface area (TPSA) is 80.5 Å². The zero-order valence-corrected chi connectivity index (χ0v) is 14.1. The summed E-state index contributed by atoms with van der Waals surface area (Å²) in [5.41, 5.74) is 6.67. The van der Waals surface area contributed by atoms with E-state index in [-0.39, 0.29) is 4.90 Å². The van der Waals surface area contributed by atoms with Gasteiger partial charge in [0.1, 0.15) is 6.54 Å². The van der Waals surface area contributed by atoms with E-state index < -0.39 is 22.5 Å². The van der Waals surface area contributed by atoms with Gasteiger partial charge in [-0.05, 0) is 48.4 Å². The van der Waals surface area contributed by atoms with E-state index in [0.717, 1.165) is 16.3 Å². The Morgan fingerprint density at radius 1 is 1.09 bits per heavy atom. The van der Waals surface area contributed by atoms with Crippen LogP contribution >= 0.6 is 11.6 Å². The summed E-state index contributed by atoms with van der Waals surface area (Å²) in [5.74, 6) is -0.734. The minimum Gasteiger partial charge on any atom is -0.368 e. The van der Waals surface area contributed by atoms with E-state index in [1.807, 2.05) is 19.1 Å². The lowest BCUT2D eigenvalue weighted by atomic mass is 10.1. The molecule has 1 amide bonds. The van der Waals surface area contributed by atoms with Gasteiger partial charge in [0.05, 0.1) is 10.6 Å². The average Bonchev–Trinajstić information content (AvgIpc) is 2.53. The smallest absolute Gasteiger partial charge is 0.264 e. The summed E-state index contributed by atoms with van der Waals surface area (Å²) in [6.45, 7) is 1.57. The maximum atomic E-state index is 12.8. The van der Waals surface area contributed by atoms with Crippen molar-refractivity contribution in [3.05, 3.63) is 59.1 Å². The summed E-state index contributed by atoms with van der Waals surface area (Å²) < 4.78 is 26.6. The van der Waals surface area contributed by atoms with Gasteiger partial charge < -0.3 is 5.73 Å². The molecular formula is C16H17ClN2O3S. The first-order valence-corrected chi connectivity index (χ1v) is 8.82. The summed E-state index contributed by atoms with van der Waals surface area (Å²) in [5, 5.41) is 0.428. The number of carbonyl (C=O) groups excluding carboxylic acids is 1. The molecule has 0 radical (unpaired) electrons. The predicted molar refractivity (Wildman–Crippen MR) is 91.0 cm³/mol. The van der Waals surface area contributed by atoms with Crippen LogP contribution in [0.3, 0.4) is 0 Å². The number of amides is 1. The predicted octanol–water partition coefficient (Wildman–Crippen LogP) is 2.58. The lowest BCUT2D eigenvalue weighted by Crippen LogP contribution is -2.38. The fraction of sp³-hybridized carbons (Fsp3) is 0.188. The second kappa shape index (κ2) is 7.02. The molecule has 0 heterocycles. The van der Waals surface area contributed by atoms with Gasteiger partial charge in [-0.25, -0.2) is 8.42 Å². The Labute approximate surface area is 140 Å². The van der Waals surface area contributed by atoms with Gasteiger partial charge in [0.25, 0.3) is 10.0 Å². The van der Waals surface area contributed by atoms with E-state index >= 15 is 0 Å². The molecule has 0 aromatic heterocycles. The Kier molecular flexibility index (Phi) is 5.28. The van der Waals surface area contributed by atoms with E-state index in [1.165, 1.54) is 24.3 Å². The molecule has 7 heteroatoms. The number of primary amides is 1. The molecule has 0 bridgehead atoms. The maximum Gasteiger partial charge on any atom is 0.264 e. The van der Waals surface area contributed by atoms with Gasteiger partial charge in [0, 0.05) is 5.02 Å². The lowest BCUT2D eigenvalue weighted by Gasteiger charge is -2.23. The highest BCUT2D eigenvalue weighted by Gasteiger charge is 2.26. The van der Waals surface area contributed by atoms with Gasteiger partial charge >= 0.3 is 0 Å². The van der Waals surface area contributed by atoms with Gasteiger partial charge in [-0.3, -0.25) is 9.10 Å². The van der Waals surface area contributed by atoms with Crippen LogP contribution in [0.5, 0.6) is 0 Å². The molecule has 5 nitrogen and oxygen atoms in total.